The summed E-state index contributed by atoms with van der Waals surface area (Å²) in [6.07, 6.45) is 3.21. The highest BCUT2D eigenvalue weighted by Gasteiger charge is 2.17. The van der Waals surface area contributed by atoms with Crippen LogP contribution < -0.4 is 9.46 Å². The van der Waals surface area contributed by atoms with Gasteiger partial charge in [-0.2, -0.15) is 0 Å². The van der Waals surface area contributed by atoms with Gasteiger partial charge in [0, 0.05) is 6.20 Å². The number of benzene rings is 2. The summed E-state index contributed by atoms with van der Waals surface area (Å²) in [5.41, 5.74) is 1.09. The van der Waals surface area contributed by atoms with Gasteiger partial charge in [-0.25, -0.2) is 13.0 Å². The normalized spacial score (nSPS) is 11.4. The van der Waals surface area contributed by atoms with E-state index in [4.69, 9.17) is 4.74 Å². The molecule has 4 aromatic rings. The maximum absolute atomic E-state index is 12.6. The maximum Gasteiger partial charge on any atom is 0.261 e. The molecule has 0 unspecified atom stereocenters. The van der Waals surface area contributed by atoms with Gasteiger partial charge in [0.1, 0.15) is 17.0 Å². The summed E-state index contributed by atoms with van der Waals surface area (Å²) >= 11 is 0. The molecule has 0 spiro atoms. The van der Waals surface area contributed by atoms with Crippen molar-refractivity contribution in [2.75, 3.05) is 4.72 Å². The van der Waals surface area contributed by atoms with Crippen LogP contribution in [-0.2, 0) is 10.0 Å². The van der Waals surface area contributed by atoms with E-state index in [1.807, 2.05) is 0 Å². The number of fused-ring (bicyclic) bond motifs is 1. The fourth-order valence-electron chi connectivity index (χ4n) is 2.32. The van der Waals surface area contributed by atoms with Crippen LogP contribution in [0.2, 0.25) is 0 Å². The van der Waals surface area contributed by atoms with Crippen LogP contribution in [0, 0.1) is 0 Å². The van der Waals surface area contributed by atoms with E-state index in [1.165, 1.54) is 12.1 Å². The Balaban J connectivity index is 1.57. The van der Waals surface area contributed by atoms with Crippen molar-refractivity contribution >= 4 is 26.7 Å². The molecule has 0 atom stereocenters. The molecule has 0 aliphatic rings. The minimum absolute atomic E-state index is 0.0875. The van der Waals surface area contributed by atoms with Crippen LogP contribution in [0.3, 0.4) is 0 Å². The Bertz CT molecular complexity index is 1140. The van der Waals surface area contributed by atoms with Crippen molar-refractivity contribution in [2.24, 2.45) is 0 Å². The first-order chi connectivity index (χ1) is 12.6. The van der Waals surface area contributed by atoms with Crippen LogP contribution in [0.5, 0.6) is 11.5 Å². The zero-order chi connectivity index (χ0) is 18.0. The number of rotatable bonds is 5. The second kappa shape index (κ2) is 6.45. The van der Waals surface area contributed by atoms with Crippen molar-refractivity contribution in [1.82, 2.24) is 15.3 Å². The summed E-state index contributed by atoms with van der Waals surface area (Å²) in [4.78, 5) is 4.04. The van der Waals surface area contributed by atoms with Gasteiger partial charge in [0.05, 0.1) is 16.8 Å². The summed E-state index contributed by atoms with van der Waals surface area (Å²) in [6, 6.07) is 14.5. The fraction of sp³-hybridized carbons (Fsp3) is 0. The highest BCUT2D eigenvalue weighted by atomic mass is 32.2. The van der Waals surface area contributed by atoms with Gasteiger partial charge in [0.2, 0.25) is 0 Å². The van der Waals surface area contributed by atoms with Gasteiger partial charge in [-0.3, -0.25) is 9.71 Å². The molecule has 2 aromatic carbocycles. The minimum atomic E-state index is -3.80. The number of nitrogens with one attached hydrogen (secondary N) is 1. The molecule has 0 saturated heterocycles. The molecule has 0 radical (unpaired) electrons. The minimum Gasteiger partial charge on any atom is -0.456 e. The molecule has 4 rings (SSSR count). The Morgan fingerprint density at radius 3 is 2.54 bits per heavy atom. The zero-order valence-electron chi connectivity index (χ0n) is 13.2. The van der Waals surface area contributed by atoms with E-state index in [0.29, 0.717) is 28.2 Å². The number of sulfonamides is 1. The van der Waals surface area contributed by atoms with Gasteiger partial charge in [0.25, 0.3) is 10.0 Å². The van der Waals surface area contributed by atoms with Crippen LogP contribution in [0.25, 0.3) is 11.0 Å². The van der Waals surface area contributed by atoms with Gasteiger partial charge >= 0.3 is 0 Å². The highest BCUT2D eigenvalue weighted by molar-refractivity contribution is 7.92. The molecule has 0 bridgehead atoms. The van der Waals surface area contributed by atoms with Crippen LogP contribution in [0.4, 0.5) is 5.69 Å². The zero-order valence-corrected chi connectivity index (χ0v) is 14.1. The van der Waals surface area contributed by atoms with E-state index >= 15 is 0 Å². The summed E-state index contributed by atoms with van der Waals surface area (Å²) in [7, 11) is -3.80. The van der Waals surface area contributed by atoms with Crippen molar-refractivity contribution in [3.63, 3.8) is 0 Å². The van der Waals surface area contributed by atoms with Crippen LogP contribution in [-0.4, -0.2) is 23.7 Å². The Hall–Kier alpha value is -3.46. The Morgan fingerprint density at radius 1 is 0.923 bits per heavy atom. The predicted molar refractivity (Wildman–Crippen MR) is 93.4 cm³/mol. The van der Waals surface area contributed by atoms with Gasteiger partial charge in [-0.05, 0) is 58.8 Å². The van der Waals surface area contributed by atoms with Crippen molar-refractivity contribution in [3.05, 3.63) is 67.0 Å². The number of anilines is 1. The molecule has 0 aliphatic carbocycles. The summed E-state index contributed by atoms with van der Waals surface area (Å²) in [5.74, 6) is 1.06. The third-order valence-electron chi connectivity index (χ3n) is 3.53. The van der Waals surface area contributed by atoms with Gasteiger partial charge in [-0.15, -0.1) is 0 Å². The van der Waals surface area contributed by atoms with Gasteiger partial charge in [-0.1, -0.05) is 6.07 Å². The lowest BCUT2D eigenvalue weighted by Gasteiger charge is -2.09. The molecule has 1 N–H and O–H groups in total. The van der Waals surface area contributed by atoms with E-state index in [0.717, 1.165) is 0 Å². The average molecular weight is 368 g/mol. The molecule has 0 aliphatic heterocycles. The molecule has 8 nitrogen and oxygen atoms in total. The Morgan fingerprint density at radius 2 is 1.77 bits per heavy atom. The molecular weight excluding hydrogens is 356 g/mol. The lowest BCUT2D eigenvalue weighted by atomic mass is 10.3. The highest BCUT2D eigenvalue weighted by Crippen LogP contribution is 2.25. The molecular formula is C17H12N4O4S. The lowest BCUT2D eigenvalue weighted by molar-refractivity contribution is 0.315. The monoisotopic (exact) mass is 368 g/mol. The predicted octanol–water partition coefficient (Wildman–Crippen LogP) is 3.21. The van der Waals surface area contributed by atoms with E-state index in [-0.39, 0.29) is 4.90 Å². The second-order valence-electron chi connectivity index (χ2n) is 5.31. The largest absolute Gasteiger partial charge is 0.456 e. The molecule has 0 fully saturated rings. The van der Waals surface area contributed by atoms with Gasteiger partial charge < -0.3 is 4.74 Å². The third-order valence-corrected chi connectivity index (χ3v) is 4.92. The summed E-state index contributed by atoms with van der Waals surface area (Å²) < 4.78 is 37.9. The van der Waals surface area contributed by atoms with Crippen molar-refractivity contribution in [1.29, 1.82) is 0 Å². The first-order valence-electron chi connectivity index (χ1n) is 7.54. The molecule has 2 aromatic heterocycles. The molecule has 0 amide bonds. The van der Waals surface area contributed by atoms with Crippen LogP contribution in [0.1, 0.15) is 0 Å². The summed E-state index contributed by atoms with van der Waals surface area (Å²) in [6.45, 7) is 0. The molecule has 2 heterocycles. The number of aromatic nitrogens is 3. The number of hydrogen-bond acceptors (Lipinski definition) is 7. The Kier molecular flexibility index (Phi) is 3.98. The van der Waals surface area contributed by atoms with E-state index in [1.54, 1.807) is 54.9 Å². The lowest BCUT2D eigenvalue weighted by Crippen LogP contribution is -2.13. The van der Waals surface area contributed by atoms with Gasteiger partial charge in [0.15, 0.2) is 5.52 Å². The molecule has 0 saturated carbocycles. The van der Waals surface area contributed by atoms with Crippen LogP contribution >= 0.6 is 0 Å². The standard InChI is InChI=1S/C17H12N4O4S/c22-26(23,21-16-5-1-4-15-17(16)20-25-19-15)14-8-6-12(7-9-14)24-13-3-2-10-18-11-13/h1-11,21H. The molecule has 9 heteroatoms. The number of ether oxygens (including phenoxy) is 1. The third kappa shape index (κ3) is 3.20. The Labute approximate surface area is 148 Å². The van der Waals surface area contributed by atoms with Crippen molar-refractivity contribution in [2.45, 2.75) is 4.90 Å². The molecule has 26 heavy (non-hydrogen) atoms. The second-order valence-corrected chi connectivity index (χ2v) is 6.99. The van der Waals surface area contributed by atoms with Crippen molar-refractivity contribution in [3.8, 4) is 11.5 Å². The van der Waals surface area contributed by atoms with Crippen molar-refractivity contribution < 1.29 is 17.8 Å². The average Bonchev–Trinajstić information content (AvgIpc) is 3.13. The topological polar surface area (TPSA) is 107 Å². The van der Waals surface area contributed by atoms with E-state index < -0.39 is 10.0 Å². The first-order valence-corrected chi connectivity index (χ1v) is 9.02. The van der Waals surface area contributed by atoms with Crippen LogP contribution in [0.15, 0.2) is 76.5 Å². The number of nitrogens with zero attached hydrogens (tertiary/aromatic N) is 3. The molecule has 130 valence electrons. The van der Waals surface area contributed by atoms with E-state index in [2.05, 4.69) is 24.6 Å². The quantitative estimate of drug-likeness (QED) is 0.576. The SMILES string of the molecule is O=S(=O)(Nc1cccc2nonc12)c1ccc(Oc2cccnc2)cc1. The maximum atomic E-state index is 12.6. The number of hydrogen-bond donors (Lipinski definition) is 1. The number of pyridine rings is 1. The first kappa shape index (κ1) is 16.0. The van der Waals surface area contributed by atoms with E-state index in [9.17, 15) is 8.42 Å². The fourth-order valence-corrected chi connectivity index (χ4v) is 3.39. The smallest absolute Gasteiger partial charge is 0.261 e. The summed E-state index contributed by atoms with van der Waals surface area (Å²) in [5, 5.41) is 7.41.